The molecule has 1 fully saturated rings. The Balaban J connectivity index is 1.06. The molecular weight excluding hydrogens is 421 g/mol. The quantitative estimate of drug-likeness (QED) is 0.395. The zero-order chi connectivity index (χ0) is 22.8. The molecule has 0 radical (unpaired) electrons. The maximum absolute atomic E-state index is 13.4. The first-order valence-electron chi connectivity index (χ1n) is 11.6. The van der Waals surface area contributed by atoms with Crippen LogP contribution in [-0.2, 0) is 0 Å². The highest BCUT2D eigenvalue weighted by molar-refractivity contribution is 5.80. The van der Waals surface area contributed by atoms with Crippen LogP contribution in [0, 0.1) is 12.7 Å². The average Bonchev–Trinajstić information content (AvgIpc) is 3.23. The third-order valence-corrected chi connectivity index (χ3v) is 6.58. The number of fused-ring (bicyclic) bond motifs is 2. The molecule has 2 aromatic heterocycles. The van der Waals surface area contributed by atoms with Gasteiger partial charge in [-0.3, -0.25) is 4.79 Å². The summed E-state index contributed by atoms with van der Waals surface area (Å²) in [6.45, 7) is 5.56. The normalized spacial score (nSPS) is 15.5. The Morgan fingerprint density at radius 1 is 1.15 bits per heavy atom. The highest BCUT2D eigenvalue weighted by Gasteiger charge is 2.24. The third-order valence-electron chi connectivity index (χ3n) is 6.58. The number of aromatic amines is 1. The number of hydrogen-bond donors (Lipinski definition) is 1. The van der Waals surface area contributed by atoms with Crippen molar-refractivity contribution in [1.29, 1.82) is 0 Å². The van der Waals surface area contributed by atoms with Gasteiger partial charge in [0.15, 0.2) is 5.58 Å². The number of halogens is 1. The van der Waals surface area contributed by atoms with E-state index in [0.29, 0.717) is 23.7 Å². The molecule has 172 valence electrons. The minimum atomic E-state index is -0.297. The molecule has 2 aromatic carbocycles. The van der Waals surface area contributed by atoms with E-state index in [1.54, 1.807) is 6.07 Å². The second-order valence-corrected chi connectivity index (χ2v) is 8.91. The van der Waals surface area contributed by atoms with Gasteiger partial charge in [-0.1, -0.05) is 5.16 Å². The highest BCUT2D eigenvalue weighted by Crippen LogP contribution is 2.32. The molecule has 0 atom stereocenters. The average molecular weight is 450 g/mol. The summed E-state index contributed by atoms with van der Waals surface area (Å²) in [5, 5.41) is 6.17. The van der Waals surface area contributed by atoms with Crippen molar-refractivity contribution in [1.82, 2.24) is 15.0 Å². The molecular formula is C26H28FN3O3. The van der Waals surface area contributed by atoms with Gasteiger partial charge >= 0.3 is 0 Å². The van der Waals surface area contributed by atoms with Crippen LogP contribution in [-0.4, -0.2) is 41.3 Å². The van der Waals surface area contributed by atoms with Crippen LogP contribution in [0.15, 0.2) is 51.8 Å². The number of unbranched alkanes of at least 4 members (excludes halogenated alkanes) is 1. The molecule has 33 heavy (non-hydrogen) atoms. The van der Waals surface area contributed by atoms with Gasteiger partial charge in [-0.15, -0.1) is 0 Å². The number of aryl methyl sites for hydroxylation is 1. The number of nitrogens with zero attached hydrogens (tertiary/aromatic N) is 2. The summed E-state index contributed by atoms with van der Waals surface area (Å²) in [5.74, 6) is 0.844. The summed E-state index contributed by atoms with van der Waals surface area (Å²) < 4.78 is 24.6. The van der Waals surface area contributed by atoms with Crippen LogP contribution in [0.25, 0.3) is 21.9 Å². The Kier molecular flexibility index (Phi) is 6.13. The first-order valence-corrected chi connectivity index (χ1v) is 11.6. The van der Waals surface area contributed by atoms with Crippen LogP contribution in [0.5, 0.6) is 5.75 Å². The van der Waals surface area contributed by atoms with Gasteiger partial charge in [0.25, 0.3) is 5.56 Å². The molecule has 1 saturated heterocycles. The van der Waals surface area contributed by atoms with Crippen molar-refractivity contribution in [2.45, 2.75) is 38.5 Å². The molecule has 1 aliphatic heterocycles. The number of nitrogens with one attached hydrogen (secondary N) is 1. The van der Waals surface area contributed by atoms with E-state index in [4.69, 9.17) is 9.26 Å². The van der Waals surface area contributed by atoms with E-state index in [9.17, 15) is 9.18 Å². The topological polar surface area (TPSA) is 71.4 Å². The number of ether oxygens (including phenoxy) is 1. The second-order valence-electron chi connectivity index (χ2n) is 8.91. The van der Waals surface area contributed by atoms with E-state index < -0.39 is 0 Å². The monoisotopic (exact) mass is 449 g/mol. The van der Waals surface area contributed by atoms with Gasteiger partial charge in [0.2, 0.25) is 0 Å². The minimum absolute atomic E-state index is 0.0611. The lowest BCUT2D eigenvalue weighted by Gasteiger charge is -2.31. The number of aromatic nitrogens is 2. The Labute approximate surface area is 191 Å². The van der Waals surface area contributed by atoms with E-state index in [1.807, 2.05) is 31.2 Å². The highest BCUT2D eigenvalue weighted by atomic mass is 19.1. The SMILES string of the molecule is Cc1cc2ccc(OCCCCN3CCC(c4noc5cc(F)ccc45)CC3)cc2[nH]c1=O. The van der Waals surface area contributed by atoms with E-state index in [2.05, 4.69) is 15.0 Å². The van der Waals surface area contributed by atoms with Crippen molar-refractivity contribution in [2.75, 3.05) is 26.2 Å². The summed E-state index contributed by atoms with van der Waals surface area (Å²) in [6, 6.07) is 12.4. The number of piperidine rings is 1. The molecule has 4 aromatic rings. The van der Waals surface area contributed by atoms with Crippen LogP contribution in [0.2, 0.25) is 0 Å². The number of benzene rings is 2. The standard InChI is InChI=1S/C26H28FN3O3/c1-17-14-19-4-6-21(16-23(19)28-26(17)31)32-13-3-2-10-30-11-8-18(9-12-30)25-22-7-5-20(27)15-24(22)33-29-25/h4-7,14-16,18H,2-3,8-13H2,1H3,(H,28,31). The van der Waals surface area contributed by atoms with Crippen molar-refractivity contribution in [3.63, 3.8) is 0 Å². The van der Waals surface area contributed by atoms with Crippen molar-refractivity contribution in [2.24, 2.45) is 0 Å². The fourth-order valence-electron chi connectivity index (χ4n) is 4.66. The fourth-order valence-corrected chi connectivity index (χ4v) is 4.66. The summed E-state index contributed by atoms with van der Waals surface area (Å²) in [4.78, 5) is 17.2. The lowest BCUT2D eigenvalue weighted by molar-refractivity contribution is 0.199. The first kappa shape index (κ1) is 21.6. The third kappa shape index (κ3) is 4.78. The van der Waals surface area contributed by atoms with Gasteiger partial charge < -0.3 is 19.1 Å². The largest absolute Gasteiger partial charge is 0.494 e. The van der Waals surface area contributed by atoms with Crippen molar-refractivity contribution in [3.05, 3.63) is 69.9 Å². The molecule has 0 spiro atoms. The van der Waals surface area contributed by atoms with Gasteiger partial charge in [0.05, 0.1) is 17.8 Å². The van der Waals surface area contributed by atoms with E-state index in [1.165, 1.54) is 12.1 Å². The summed E-state index contributed by atoms with van der Waals surface area (Å²) in [6.07, 6.45) is 4.11. The molecule has 0 bridgehead atoms. The van der Waals surface area contributed by atoms with Crippen LogP contribution in [0.4, 0.5) is 4.39 Å². The summed E-state index contributed by atoms with van der Waals surface area (Å²) >= 11 is 0. The zero-order valence-corrected chi connectivity index (χ0v) is 18.8. The van der Waals surface area contributed by atoms with Gasteiger partial charge in [0, 0.05) is 29.0 Å². The van der Waals surface area contributed by atoms with Gasteiger partial charge in [-0.25, -0.2) is 4.39 Å². The van der Waals surface area contributed by atoms with Crippen LogP contribution < -0.4 is 10.3 Å². The molecule has 1 N–H and O–H groups in total. The Bertz CT molecular complexity index is 1320. The van der Waals surface area contributed by atoms with Crippen molar-refractivity contribution >= 4 is 21.9 Å². The van der Waals surface area contributed by atoms with E-state index in [-0.39, 0.29) is 11.4 Å². The predicted octanol–water partition coefficient (Wildman–Crippen LogP) is 5.16. The predicted molar refractivity (Wildman–Crippen MR) is 126 cm³/mol. The Morgan fingerprint density at radius 3 is 2.85 bits per heavy atom. The maximum atomic E-state index is 13.4. The van der Waals surface area contributed by atoms with Crippen molar-refractivity contribution in [3.8, 4) is 5.75 Å². The lowest BCUT2D eigenvalue weighted by atomic mass is 9.91. The van der Waals surface area contributed by atoms with Crippen molar-refractivity contribution < 1.29 is 13.7 Å². The van der Waals surface area contributed by atoms with Crippen LogP contribution >= 0.6 is 0 Å². The second kappa shape index (κ2) is 9.35. The van der Waals surface area contributed by atoms with E-state index >= 15 is 0 Å². The minimum Gasteiger partial charge on any atom is -0.494 e. The molecule has 3 heterocycles. The molecule has 0 amide bonds. The number of hydrogen-bond acceptors (Lipinski definition) is 5. The summed E-state index contributed by atoms with van der Waals surface area (Å²) in [7, 11) is 0. The lowest BCUT2D eigenvalue weighted by Crippen LogP contribution is -2.34. The fraction of sp³-hybridized carbons (Fsp3) is 0.385. The van der Waals surface area contributed by atoms with Gasteiger partial charge in [0.1, 0.15) is 11.6 Å². The molecule has 1 aliphatic rings. The van der Waals surface area contributed by atoms with Gasteiger partial charge in [-0.2, -0.15) is 0 Å². The Morgan fingerprint density at radius 2 is 2.00 bits per heavy atom. The number of likely N-dealkylation sites (tertiary alicyclic amines) is 1. The molecule has 0 aliphatic carbocycles. The number of rotatable bonds is 7. The Hall–Kier alpha value is -3.19. The first-order chi connectivity index (χ1) is 16.1. The molecule has 7 heteroatoms. The number of H-pyrrole nitrogens is 1. The van der Waals surface area contributed by atoms with Gasteiger partial charge in [-0.05, 0) is 88.0 Å². The molecule has 0 saturated carbocycles. The van der Waals surface area contributed by atoms with Crippen LogP contribution in [0.3, 0.4) is 0 Å². The number of pyridine rings is 1. The molecule has 6 nitrogen and oxygen atoms in total. The molecule has 0 unspecified atom stereocenters. The molecule has 5 rings (SSSR count). The van der Waals surface area contributed by atoms with Crippen LogP contribution in [0.1, 0.15) is 42.9 Å². The smallest absolute Gasteiger partial charge is 0.251 e. The zero-order valence-electron chi connectivity index (χ0n) is 18.8. The van der Waals surface area contributed by atoms with E-state index in [0.717, 1.165) is 73.1 Å². The summed E-state index contributed by atoms with van der Waals surface area (Å²) in [5.41, 5.74) is 2.94. The maximum Gasteiger partial charge on any atom is 0.251 e.